The summed E-state index contributed by atoms with van der Waals surface area (Å²) in [5, 5.41) is 9.90. The topological polar surface area (TPSA) is 36.9 Å². The fraction of sp³-hybridized carbons (Fsp3) is 0.400. The molecule has 0 aliphatic rings. The van der Waals surface area contributed by atoms with Gasteiger partial charge in [0.1, 0.15) is 11.3 Å². The third-order valence-corrected chi connectivity index (χ3v) is 3.03. The summed E-state index contributed by atoms with van der Waals surface area (Å²) in [7, 11) is 0. The predicted molar refractivity (Wildman–Crippen MR) is 68.8 cm³/mol. The van der Waals surface area contributed by atoms with Crippen LogP contribution in [0, 0.1) is 11.3 Å². The zero-order chi connectivity index (χ0) is 12.1. The number of fused-ring (bicyclic) bond motifs is 1. The van der Waals surface area contributed by atoms with Crippen molar-refractivity contribution in [2.45, 2.75) is 39.0 Å². The van der Waals surface area contributed by atoms with Gasteiger partial charge in [0.2, 0.25) is 0 Å². The summed E-state index contributed by atoms with van der Waals surface area (Å²) in [5.41, 5.74) is 2.18. The Balaban J connectivity index is 2.38. The fourth-order valence-electron chi connectivity index (χ4n) is 2.14. The van der Waals surface area contributed by atoms with Gasteiger partial charge in [-0.25, -0.2) is 0 Å². The number of rotatable bonds is 5. The van der Waals surface area contributed by atoms with E-state index in [-0.39, 0.29) is 0 Å². The third kappa shape index (κ3) is 2.50. The van der Waals surface area contributed by atoms with Crippen LogP contribution < -0.4 is 0 Å². The number of benzene rings is 1. The second kappa shape index (κ2) is 5.54. The van der Waals surface area contributed by atoms with Crippen molar-refractivity contribution < 1.29 is 4.42 Å². The Hall–Kier alpha value is -1.75. The van der Waals surface area contributed by atoms with Crippen molar-refractivity contribution in [3.63, 3.8) is 0 Å². The molecule has 0 aliphatic carbocycles. The minimum atomic E-state index is 0.558. The van der Waals surface area contributed by atoms with Crippen molar-refractivity contribution >= 4 is 11.0 Å². The van der Waals surface area contributed by atoms with Gasteiger partial charge in [-0.05, 0) is 18.9 Å². The van der Waals surface area contributed by atoms with E-state index in [1.54, 1.807) is 0 Å². The number of hydrogen-bond acceptors (Lipinski definition) is 2. The van der Waals surface area contributed by atoms with E-state index in [1.165, 1.54) is 10.9 Å². The average molecular weight is 227 g/mol. The van der Waals surface area contributed by atoms with Crippen molar-refractivity contribution in [3.05, 3.63) is 35.6 Å². The normalized spacial score (nSPS) is 10.6. The maximum atomic E-state index is 8.72. The lowest BCUT2D eigenvalue weighted by Crippen LogP contribution is -1.90. The molecule has 2 nitrogen and oxygen atoms in total. The lowest BCUT2D eigenvalue weighted by Gasteiger charge is -1.99. The molecule has 0 N–H and O–H groups in total. The van der Waals surface area contributed by atoms with Crippen LogP contribution in [0.25, 0.3) is 11.0 Å². The van der Waals surface area contributed by atoms with Crippen molar-refractivity contribution in [1.29, 1.82) is 5.26 Å². The molecule has 0 bridgehead atoms. The molecule has 0 amide bonds. The highest BCUT2D eigenvalue weighted by Crippen LogP contribution is 2.28. The van der Waals surface area contributed by atoms with Gasteiger partial charge >= 0.3 is 0 Å². The fourth-order valence-corrected chi connectivity index (χ4v) is 2.14. The van der Waals surface area contributed by atoms with Crippen molar-refractivity contribution in [3.8, 4) is 6.07 Å². The van der Waals surface area contributed by atoms with Crippen molar-refractivity contribution in [2.24, 2.45) is 0 Å². The number of unbranched alkanes of at least 4 members (excludes halogenated alkanes) is 1. The van der Waals surface area contributed by atoms with Gasteiger partial charge in [-0.1, -0.05) is 31.5 Å². The SMILES string of the molecule is CCCCc1oc2ccccc2c1CCC#N. The monoisotopic (exact) mass is 227 g/mol. The molecule has 2 aromatic rings. The van der Waals surface area contributed by atoms with E-state index in [0.29, 0.717) is 6.42 Å². The summed E-state index contributed by atoms with van der Waals surface area (Å²) in [4.78, 5) is 0. The van der Waals surface area contributed by atoms with Crippen LogP contribution in [0.5, 0.6) is 0 Å². The molecule has 17 heavy (non-hydrogen) atoms. The Labute approximate surface area is 102 Å². The smallest absolute Gasteiger partial charge is 0.134 e. The lowest BCUT2D eigenvalue weighted by atomic mass is 10.0. The van der Waals surface area contributed by atoms with Crippen LogP contribution in [-0.2, 0) is 12.8 Å². The molecule has 88 valence electrons. The number of nitrogens with zero attached hydrogens (tertiary/aromatic N) is 1. The van der Waals surface area contributed by atoms with E-state index < -0.39 is 0 Å². The number of para-hydroxylation sites is 1. The largest absolute Gasteiger partial charge is 0.461 e. The summed E-state index contributed by atoms with van der Waals surface area (Å²) < 4.78 is 5.89. The molecule has 0 fully saturated rings. The van der Waals surface area contributed by atoms with Gasteiger partial charge in [0, 0.05) is 23.8 Å². The lowest BCUT2D eigenvalue weighted by molar-refractivity contribution is 0.530. The Kier molecular flexibility index (Phi) is 3.82. The highest BCUT2D eigenvalue weighted by atomic mass is 16.3. The molecular weight excluding hydrogens is 210 g/mol. The molecule has 0 saturated heterocycles. The first kappa shape index (κ1) is 11.7. The highest BCUT2D eigenvalue weighted by molar-refractivity contribution is 5.82. The summed E-state index contributed by atoms with van der Waals surface area (Å²) in [5.74, 6) is 1.07. The van der Waals surface area contributed by atoms with Gasteiger partial charge in [0.25, 0.3) is 0 Å². The van der Waals surface area contributed by atoms with Crippen LogP contribution in [0.3, 0.4) is 0 Å². The van der Waals surface area contributed by atoms with Crippen LogP contribution >= 0.6 is 0 Å². The van der Waals surface area contributed by atoms with E-state index in [0.717, 1.165) is 37.0 Å². The molecule has 0 unspecified atom stereocenters. The quantitative estimate of drug-likeness (QED) is 0.766. The molecule has 1 aromatic carbocycles. The zero-order valence-corrected chi connectivity index (χ0v) is 10.2. The molecule has 1 heterocycles. The van der Waals surface area contributed by atoms with Gasteiger partial charge in [-0.3, -0.25) is 0 Å². The van der Waals surface area contributed by atoms with Gasteiger partial charge in [-0.2, -0.15) is 5.26 Å². The van der Waals surface area contributed by atoms with E-state index >= 15 is 0 Å². The Bertz CT molecular complexity index is 533. The maximum Gasteiger partial charge on any atom is 0.134 e. The minimum Gasteiger partial charge on any atom is -0.461 e. The molecule has 0 radical (unpaired) electrons. The third-order valence-electron chi connectivity index (χ3n) is 3.03. The summed E-state index contributed by atoms with van der Waals surface area (Å²) in [6, 6.07) is 10.3. The summed E-state index contributed by atoms with van der Waals surface area (Å²) in [6.07, 6.45) is 4.63. The van der Waals surface area contributed by atoms with E-state index in [4.69, 9.17) is 9.68 Å². The van der Waals surface area contributed by atoms with Gasteiger partial charge in [-0.15, -0.1) is 0 Å². The van der Waals surface area contributed by atoms with E-state index in [2.05, 4.69) is 19.1 Å². The first-order valence-electron chi connectivity index (χ1n) is 6.23. The standard InChI is InChI=1S/C15H17NO/c1-2-3-9-14-13(8-6-11-16)12-7-4-5-10-15(12)17-14/h4-5,7,10H,2-3,6,8-9H2,1H3. The van der Waals surface area contributed by atoms with Gasteiger partial charge < -0.3 is 4.42 Å². The molecule has 0 spiro atoms. The van der Waals surface area contributed by atoms with E-state index in [1.807, 2.05) is 18.2 Å². The number of aryl methyl sites for hydroxylation is 2. The Morgan fingerprint density at radius 3 is 2.82 bits per heavy atom. The molecule has 2 heteroatoms. The Morgan fingerprint density at radius 1 is 1.24 bits per heavy atom. The van der Waals surface area contributed by atoms with Gasteiger partial charge in [0.15, 0.2) is 0 Å². The summed E-state index contributed by atoms with van der Waals surface area (Å²) in [6.45, 7) is 2.18. The zero-order valence-electron chi connectivity index (χ0n) is 10.2. The number of nitriles is 1. The van der Waals surface area contributed by atoms with Crippen LogP contribution in [0.2, 0.25) is 0 Å². The first-order valence-corrected chi connectivity index (χ1v) is 6.23. The second-order valence-electron chi connectivity index (χ2n) is 4.26. The molecule has 2 rings (SSSR count). The predicted octanol–water partition coefficient (Wildman–Crippen LogP) is 4.23. The molecular formula is C15H17NO. The second-order valence-corrected chi connectivity index (χ2v) is 4.26. The minimum absolute atomic E-state index is 0.558. The number of hydrogen-bond donors (Lipinski definition) is 0. The molecule has 0 aliphatic heterocycles. The van der Waals surface area contributed by atoms with E-state index in [9.17, 15) is 0 Å². The highest BCUT2D eigenvalue weighted by Gasteiger charge is 2.12. The van der Waals surface area contributed by atoms with Crippen molar-refractivity contribution in [1.82, 2.24) is 0 Å². The van der Waals surface area contributed by atoms with Crippen LogP contribution in [0.4, 0.5) is 0 Å². The average Bonchev–Trinajstić information content (AvgIpc) is 2.71. The van der Waals surface area contributed by atoms with Crippen LogP contribution in [0.1, 0.15) is 37.5 Å². The molecule has 0 atom stereocenters. The van der Waals surface area contributed by atoms with Crippen LogP contribution in [0.15, 0.2) is 28.7 Å². The van der Waals surface area contributed by atoms with Gasteiger partial charge in [0.05, 0.1) is 6.07 Å². The Morgan fingerprint density at radius 2 is 2.06 bits per heavy atom. The summed E-state index contributed by atoms with van der Waals surface area (Å²) >= 11 is 0. The number of furan rings is 1. The first-order chi connectivity index (χ1) is 8.36. The molecule has 0 saturated carbocycles. The maximum absolute atomic E-state index is 8.72. The van der Waals surface area contributed by atoms with Crippen LogP contribution in [-0.4, -0.2) is 0 Å². The van der Waals surface area contributed by atoms with Crippen molar-refractivity contribution in [2.75, 3.05) is 0 Å². The molecule has 1 aromatic heterocycles.